The number of carbonyl (C=O) groups excluding carboxylic acids is 1. The normalized spacial score (nSPS) is 11.0. The van der Waals surface area contributed by atoms with Crippen molar-refractivity contribution in [2.75, 3.05) is 6.61 Å². The molecule has 6 heteroatoms. The van der Waals surface area contributed by atoms with Crippen LogP contribution in [0.2, 0.25) is 0 Å². The number of nitriles is 1. The monoisotopic (exact) mass is 285 g/mol. The van der Waals surface area contributed by atoms with Crippen LogP contribution in [-0.4, -0.2) is 12.6 Å². The van der Waals surface area contributed by atoms with E-state index in [9.17, 15) is 18.0 Å². The number of hydrogen-bond acceptors (Lipinski definition) is 3. The number of esters is 1. The Bertz CT molecular complexity index is 545. The predicted molar refractivity (Wildman–Crippen MR) is 65.9 cm³/mol. The number of hydrogen-bond donors (Lipinski definition) is 0. The van der Waals surface area contributed by atoms with Crippen LogP contribution in [0.4, 0.5) is 13.2 Å². The summed E-state index contributed by atoms with van der Waals surface area (Å²) in [6.45, 7) is 3.40. The van der Waals surface area contributed by atoms with Crippen LogP contribution in [0.5, 0.6) is 0 Å². The van der Waals surface area contributed by atoms with Crippen molar-refractivity contribution in [2.24, 2.45) is 0 Å². The van der Waals surface area contributed by atoms with E-state index in [2.05, 4.69) is 0 Å². The van der Waals surface area contributed by atoms with Crippen LogP contribution >= 0.6 is 0 Å². The van der Waals surface area contributed by atoms with Crippen LogP contribution in [0.1, 0.15) is 36.1 Å². The summed E-state index contributed by atoms with van der Waals surface area (Å²) in [4.78, 5) is 11.4. The van der Waals surface area contributed by atoms with Crippen molar-refractivity contribution in [1.29, 1.82) is 5.26 Å². The summed E-state index contributed by atoms with van der Waals surface area (Å²) in [5.74, 6) is -0.564. The molecule has 0 atom stereocenters. The number of benzene rings is 1. The smallest absolute Gasteiger partial charge is 0.416 e. The van der Waals surface area contributed by atoms with E-state index < -0.39 is 17.7 Å². The summed E-state index contributed by atoms with van der Waals surface area (Å²) in [5, 5.41) is 8.95. The number of ether oxygens (including phenoxy) is 1. The Kier molecular flexibility index (Phi) is 5.14. The fourth-order valence-electron chi connectivity index (χ4n) is 1.87. The second-order valence-electron chi connectivity index (χ2n) is 4.11. The molecule has 0 N–H and O–H groups in total. The fraction of sp³-hybridized carbons (Fsp3) is 0.429. The van der Waals surface area contributed by atoms with Crippen LogP contribution in [-0.2, 0) is 28.5 Å². The first-order valence-electron chi connectivity index (χ1n) is 6.12. The molecule has 0 bridgehead atoms. The first kappa shape index (κ1) is 16.0. The van der Waals surface area contributed by atoms with E-state index in [0.29, 0.717) is 0 Å². The highest BCUT2D eigenvalue weighted by molar-refractivity contribution is 5.73. The number of carbonyl (C=O) groups is 1. The highest BCUT2D eigenvalue weighted by Gasteiger charge is 2.34. The molecule has 0 saturated carbocycles. The average molecular weight is 285 g/mol. The summed E-state index contributed by atoms with van der Waals surface area (Å²) < 4.78 is 43.3. The zero-order valence-electron chi connectivity index (χ0n) is 11.2. The van der Waals surface area contributed by atoms with Gasteiger partial charge in [-0.05, 0) is 30.5 Å². The molecule has 3 nitrogen and oxygen atoms in total. The molecule has 0 aliphatic heterocycles. The minimum Gasteiger partial charge on any atom is -0.466 e. The van der Waals surface area contributed by atoms with E-state index in [-0.39, 0.29) is 36.1 Å². The fourth-order valence-corrected chi connectivity index (χ4v) is 1.87. The SMILES string of the molecule is CCOC(=O)Cc1cc(CC)c(C(F)(F)F)cc1C#N. The maximum Gasteiger partial charge on any atom is 0.416 e. The zero-order chi connectivity index (χ0) is 15.3. The van der Waals surface area contributed by atoms with E-state index in [1.807, 2.05) is 0 Å². The summed E-state index contributed by atoms with van der Waals surface area (Å²) >= 11 is 0. The Morgan fingerprint density at radius 2 is 1.95 bits per heavy atom. The molecule has 0 aliphatic rings. The lowest BCUT2D eigenvalue weighted by atomic mass is 9.95. The standard InChI is InChI=1S/C14H14F3NO2/c1-3-9-5-10(7-13(19)20-4-2)11(8-18)6-12(9)14(15,16)17/h5-6H,3-4,7H2,1-2H3. The minimum atomic E-state index is -4.51. The lowest BCUT2D eigenvalue weighted by Gasteiger charge is -2.14. The summed E-state index contributed by atoms with van der Waals surface area (Å²) in [6.07, 6.45) is -4.56. The highest BCUT2D eigenvalue weighted by Crippen LogP contribution is 2.34. The van der Waals surface area contributed by atoms with Gasteiger partial charge < -0.3 is 4.74 Å². The van der Waals surface area contributed by atoms with Crippen molar-refractivity contribution >= 4 is 5.97 Å². The van der Waals surface area contributed by atoms with Gasteiger partial charge in [0.2, 0.25) is 0 Å². The van der Waals surface area contributed by atoms with Crippen molar-refractivity contribution < 1.29 is 22.7 Å². The van der Waals surface area contributed by atoms with Crippen molar-refractivity contribution in [3.05, 3.63) is 34.4 Å². The number of halogens is 3. The summed E-state index contributed by atoms with van der Waals surface area (Å²) in [6, 6.07) is 3.76. The van der Waals surface area contributed by atoms with Crippen LogP contribution in [0.15, 0.2) is 12.1 Å². The second-order valence-corrected chi connectivity index (χ2v) is 4.11. The van der Waals surface area contributed by atoms with E-state index in [1.54, 1.807) is 19.9 Å². The third-order valence-electron chi connectivity index (χ3n) is 2.78. The molecule has 0 unspecified atom stereocenters. The first-order valence-corrected chi connectivity index (χ1v) is 6.12. The largest absolute Gasteiger partial charge is 0.466 e. The molecule has 0 fully saturated rings. The molecule has 108 valence electrons. The number of aryl methyl sites for hydroxylation is 1. The van der Waals surface area contributed by atoms with Gasteiger partial charge in [-0.2, -0.15) is 18.4 Å². The van der Waals surface area contributed by atoms with E-state index in [1.165, 1.54) is 6.07 Å². The third kappa shape index (κ3) is 3.73. The van der Waals surface area contributed by atoms with E-state index >= 15 is 0 Å². The molecule has 0 spiro atoms. The van der Waals surface area contributed by atoms with Crippen molar-refractivity contribution in [2.45, 2.75) is 32.9 Å². The van der Waals surface area contributed by atoms with Crippen molar-refractivity contribution in [1.82, 2.24) is 0 Å². The van der Waals surface area contributed by atoms with Crippen LogP contribution in [0.3, 0.4) is 0 Å². The summed E-state index contributed by atoms with van der Waals surface area (Å²) in [5.41, 5.74) is -0.654. The second kappa shape index (κ2) is 6.42. The topological polar surface area (TPSA) is 50.1 Å². The van der Waals surface area contributed by atoms with Crippen LogP contribution < -0.4 is 0 Å². The van der Waals surface area contributed by atoms with Gasteiger partial charge in [0.1, 0.15) is 0 Å². The van der Waals surface area contributed by atoms with Gasteiger partial charge in [-0.1, -0.05) is 13.0 Å². The molecule has 0 amide bonds. The molecule has 0 radical (unpaired) electrons. The predicted octanol–water partition coefficient (Wildman–Crippen LogP) is 3.25. The Morgan fingerprint density at radius 1 is 1.30 bits per heavy atom. The van der Waals surface area contributed by atoms with Crippen molar-refractivity contribution in [3.63, 3.8) is 0 Å². The Morgan fingerprint density at radius 3 is 2.40 bits per heavy atom. The lowest BCUT2D eigenvalue weighted by Crippen LogP contribution is -2.13. The Hall–Kier alpha value is -2.03. The molecule has 1 aromatic carbocycles. The van der Waals surface area contributed by atoms with Crippen LogP contribution in [0.25, 0.3) is 0 Å². The Labute approximate surface area is 115 Å². The molecule has 1 rings (SSSR count). The third-order valence-corrected chi connectivity index (χ3v) is 2.78. The number of alkyl halides is 3. The zero-order valence-corrected chi connectivity index (χ0v) is 11.2. The van der Waals surface area contributed by atoms with Gasteiger partial charge in [-0.15, -0.1) is 0 Å². The molecule has 0 aromatic heterocycles. The van der Waals surface area contributed by atoms with Gasteiger partial charge >= 0.3 is 12.1 Å². The summed E-state index contributed by atoms with van der Waals surface area (Å²) in [7, 11) is 0. The highest BCUT2D eigenvalue weighted by atomic mass is 19.4. The van der Waals surface area contributed by atoms with Gasteiger partial charge in [0.15, 0.2) is 0 Å². The van der Waals surface area contributed by atoms with Crippen LogP contribution in [0, 0.1) is 11.3 Å². The van der Waals surface area contributed by atoms with Gasteiger partial charge in [0, 0.05) is 0 Å². The minimum absolute atomic E-state index is 0.0656. The first-order chi connectivity index (χ1) is 9.33. The maximum absolute atomic E-state index is 12.9. The quantitative estimate of drug-likeness (QED) is 0.798. The molecule has 0 heterocycles. The van der Waals surface area contributed by atoms with Gasteiger partial charge in [-0.3, -0.25) is 4.79 Å². The average Bonchev–Trinajstić information content (AvgIpc) is 2.37. The van der Waals surface area contributed by atoms with Gasteiger partial charge in [-0.25, -0.2) is 0 Å². The molecule has 20 heavy (non-hydrogen) atoms. The molecule has 0 aliphatic carbocycles. The number of rotatable bonds is 4. The molecule has 1 aromatic rings. The number of nitrogens with zero attached hydrogens (tertiary/aromatic N) is 1. The lowest BCUT2D eigenvalue weighted by molar-refractivity contribution is -0.142. The molecular formula is C14H14F3NO2. The molecule has 0 saturated heterocycles. The Balaban J connectivity index is 3.27. The van der Waals surface area contributed by atoms with E-state index in [4.69, 9.17) is 10.00 Å². The maximum atomic E-state index is 12.9. The van der Waals surface area contributed by atoms with E-state index in [0.717, 1.165) is 6.07 Å². The van der Waals surface area contributed by atoms with Gasteiger partial charge in [0.25, 0.3) is 0 Å². The van der Waals surface area contributed by atoms with Crippen molar-refractivity contribution in [3.8, 4) is 6.07 Å². The molecular weight excluding hydrogens is 271 g/mol. The van der Waals surface area contributed by atoms with Gasteiger partial charge in [0.05, 0.1) is 30.2 Å².